The number of aryl methyl sites for hydroxylation is 1. The molecular weight excluding hydrogens is 327 g/mol. The molecule has 2 aromatic rings. The number of aromatic nitrogens is 1. The zero-order chi connectivity index (χ0) is 14.7. The van der Waals surface area contributed by atoms with Gasteiger partial charge in [0, 0.05) is 17.2 Å². The fourth-order valence-electron chi connectivity index (χ4n) is 2.00. The van der Waals surface area contributed by atoms with Crippen molar-refractivity contribution in [3.8, 4) is 0 Å². The van der Waals surface area contributed by atoms with Crippen LogP contribution in [0.5, 0.6) is 0 Å². The Morgan fingerprint density at radius 1 is 1.45 bits per heavy atom. The first-order valence-electron chi connectivity index (χ1n) is 6.02. The van der Waals surface area contributed by atoms with E-state index in [1.54, 1.807) is 19.2 Å². The second-order valence-corrected chi connectivity index (χ2v) is 5.35. The third-order valence-electron chi connectivity index (χ3n) is 3.02. The summed E-state index contributed by atoms with van der Waals surface area (Å²) in [6.45, 7) is 1.69. The van der Waals surface area contributed by atoms with Crippen LogP contribution >= 0.6 is 15.9 Å². The molecule has 0 saturated carbocycles. The first-order valence-corrected chi connectivity index (χ1v) is 6.81. The Labute approximate surface area is 124 Å². The highest BCUT2D eigenvalue weighted by Gasteiger charge is 2.11. The number of carbonyl (C=O) groups excluding carboxylic acids is 1. The highest BCUT2D eigenvalue weighted by Crippen LogP contribution is 2.17. The van der Waals surface area contributed by atoms with Gasteiger partial charge in [0.25, 0.3) is 5.91 Å². The summed E-state index contributed by atoms with van der Waals surface area (Å²) in [5.41, 5.74) is 2.29. The van der Waals surface area contributed by atoms with Crippen LogP contribution in [0, 0.1) is 12.7 Å². The van der Waals surface area contributed by atoms with E-state index in [1.807, 2.05) is 0 Å². The topological polar surface area (TPSA) is 65.1 Å². The van der Waals surface area contributed by atoms with E-state index in [1.165, 1.54) is 12.1 Å². The molecule has 1 heterocycles. The molecule has 3 N–H and O–H groups in total. The Morgan fingerprint density at radius 3 is 2.80 bits per heavy atom. The van der Waals surface area contributed by atoms with E-state index >= 15 is 0 Å². The number of nitrogens with one attached hydrogen (secondary N) is 2. The molecule has 0 fully saturated rings. The average molecular weight is 341 g/mol. The zero-order valence-electron chi connectivity index (χ0n) is 10.8. The molecular formula is C14H14BrFN2O2. The smallest absolute Gasteiger partial charge is 0.267 e. The Hall–Kier alpha value is -1.66. The largest absolute Gasteiger partial charge is 0.392 e. The van der Waals surface area contributed by atoms with Crippen molar-refractivity contribution in [3.05, 3.63) is 57.1 Å². The van der Waals surface area contributed by atoms with Crippen LogP contribution in [0.3, 0.4) is 0 Å². The van der Waals surface area contributed by atoms with Crippen molar-refractivity contribution in [2.24, 2.45) is 0 Å². The minimum absolute atomic E-state index is 0.157. The quantitative estimate of drug-likeness (QED) is 0.801. The Morgan fingerprint density at radius 2 is 2.20 bits per heavy atom. The van der Waals surface area contributed by atoms with Gasteiger partial charge in [-0.25, -0.2) is 4.39 Å². The third kappa shape index (κ3) is 3.26. The normalized spacial score (nSPS) is 10.6. The number of H-pyrrole nitrogens is 1. The molecule has 106 valence electrons. The van der Waals surface area contributed by atoms with Crippen molar-refractivity contribution in [3.63, 3.8) is 0 Å². The summed E-state index contributed by atoms with van der Waals surface area (Å²) in [5, 5.41) is 12.0. The molecule has 0 unspecified atom stereocenters. The first kappa shape index (κ1) is 14.7. The minimum atomic E-state index is -0.383. The summed E-state index contributed by atoms with van der Waals surface area (Å²) >= 11 is 3.24. The van der Waals surface area contributed by atoms with Gasteiger partial charge in [-0.15, -0.1) is 0 Å². The van der Waals surface area contributed by atoms with Crippen molar-refractivity contribution in [1.29, 1.82) is 0 Å². The number of carbonyl (C=O) groups is 1. The maximum atomic E-state index is 13.4. The monoisotopic (exact) mass is 340 g/mol. The molecule has 0 aliphatic rings. The molecule has 0 aliphatic heterocycles. The fraction of sp³-hybridized carbons (Fsp3) is 0.214. The van der Waals surface area contributed by atoms with Gasteiger partial charge in [-0.1, -0.05) is 0 Å². The molecule has 20 heavy (non-hydrogen) atoms. The molecule has 1 aromatic carbocycles. The van der Waals surface area contributed by atoms with Gasteiger partial charge in [-0.3, -0.25) is 4.79 Å². The Bertz CT molecular complexity index is 640. The van der Waals surface area contributed by atoms with Crippen molar-refractivity contribution < 1.29 is 14.3 Å². The van der Waals surface area contributed by atoms with Crippen LogP contribution in [0.4, 0.5) is 4.39 Å². The predicted octanol–water partition coefficient (Wildman–Crippen LogP) is 2.65. The fourth-order valence-corrected chi connectivity index (χ4v) is 2.34. The molecule has 0 aliphatic carbocycles. The third-order valence-corrected chi connectivity index (χ3v) is 3.48. The van der Waals surface area contributed by atoms with Crippen LogP contribution in [-0.4, -0.2) is 16.0 Å². The summed E-state index contributed by atoms with van der Waals surface area (Å²) in [7, 11) is 0. The second-order valence-electron chi connectivity index (χ2n) is 4.43. The van der Waals surface area contributed by atoms with E-state index in [9.17, 15) is 14.3 Å². The van der Waals surface area contributed by atoms with Crippen LogP contribution in [0.25, 0.3) is 0 Å². The van der Waals surface area contributed by atoms with E-state index in [4.69, 9.17) is 0 Å². The molecule has 4 nitrogen and oxygen atoms in total. The van der Waals surface area contributed by atoms with Crippen molar-refractivity contribution >= 4 is 21.8 Å². The number of halogens is 2. The molecule has 1 amide bonds. The minimum Gasteiger partial charge on any atom is -0.392 e. The number of aliphatic hydroxyl groups excluding tert-OH is 1. The molecule has 2 rings (SSSR count). The van der Waals surface area contributed by atoms with Crippen LogP contribution < -0.4 is 5.32 Å². The lowest BCUT2D eigenvalue weighted by Gasteiger charge is -2.11. The number of hydrogen-bond donors (Lipinski definition) is 3. The Kier molecular flexibility index (Phi) is 4.57. The summed E-state index contributed by atoms with van der Waals surface area (Å²) in [5.74, 6) is -0.673. The SMILES string of the molecule is Cc1cc(F)cc(CNC(=O)c2cc(Br)c[nH]2)c1CO. The van der Waals surface area contributed by atoms with Crippen molar-refractivity contribution in [2.45, 2.75) is 20.1 Å². The van der Waals surface area contributed by atoms with E-state index in [-0.39, 0.29) is 24.9 Å². The van der Waals surface area contributed by atoms with Crippen molar-refractivity contribution in [2.75, 3.05) is 0 Å². The summed E-state index contributed by atoms with van der Waals surface area (Å²) in [6, 6.07) is 4.33. The molecule has 1 aromatic heterocycles. The number of hydrogen-bond acceptors (Lipinski definition) is 2. The molecule has 6 heteroatoms. The van der Waals surface area contributed by atoms with Gasteiger partial charge in [-0.05, 0) is 57.7 Å². The molecule has 0 saturated heterocycles. The highest BCUT2D eigenvalue weighted by atomic mass is 79.9. The molecule has 0 atom stereocenters. The molecule has 0 radical (unpaired) electrons. The Balaban J connectivity index is 2.13. The van der Waals surface area contributed by atoms with Gasteiger partial charge in [0.15, 0.2) is 0 Å². The lowest BCUT2D eigenvalue weighted by Crippen LogP contribution is -2.24. The maximum absolute atomic E-state index is 13.4. The average Bonchev–Trinajstić information content (AvgIpc) is 2.82. The van der Waals surface area contributed by atoms with E-state index in [2.05, 4.69) is 26.2 Å². The first-order chi connectivity index (χ1) is 9.51. The second kappa shape index (κ2) is 6.19. The maximum Gasteiger partial charge on any atom is 0.267 e. The van der Waals surface area contributed by atoms with Crippen LogP contribution in [-0.2, 0) is 13.2 Å². The lowest BCUT2D eigenvalue weighted by atomic mass is 10.0. The molecule has 0 bridgehead atoms. The van der Waals surface area contributed by atoms with Gasteiger partial charge in [-0.2, -0.15) is 0 Å². The van der Waals surface area contributed by atoms with E-state index in [0.29, 0.717) is 22.4 Å². The number of rotatable bonds is 4. The molecule has 0 spiro atoms. The van der Waals surface area contributed by atoms with Crippen LogP contribution in [0.1, 0.15) is 27.2 Å². The zero-order valence-corrected chi connectivity index (χ0v) is 12.4. The highest BCUT2D eigenvalue weighted by molar-refractivity contribution is 9.10. The summed E-state index contributed by atoms with van der Waals surface area (Å²) < 4.78 is 14.2. The van der Waals surface area contributed by atoms with E-state index < -0.39 is 0 Å². The number of amides is 1. The summed E-state index contributed by atoms with van der Waals surface area (Å²) in [4.78, 5) is 14.7. The van der Waals surface area contributed by atoms with E-state index in [0.717, 1.165) is 4.47 Å². The van der Waals surface area contributed by atoms with Crippen LogP contribution in [0.2, 0.25) is 0 Å². The van der Waals surface area contributed by atoms with Gasteiger partial charge in [0.1, 0.15) is 11.5 Å². The summed E-state index contributed by atoms with van der Waals surface area (Å²) in [6.07, 6.45) is 1.65. The van der Waals surface area contributed by atoms with Gasteiger partial charge < -0.3 is 15.4 Å². The number of aromatic amines is 1. The van der Waals surface area contributed by atoms with Gasteiger partial charge >= 0.3 is 0 Å². The number of aliphatic hydroxyl groups is 1. The lowest BCUT2D eigenvalue weighted by molar-refractivity contribution is 0.0946. The van der Waals surface area contributed by atoms with Crippen LogP contribution in [0.15, 0.2) is 28.9 Å². The van der Waals surface area contributed by atoms with Gasteiger partial charge in [0.2, 0.25) is 0 Å². The number of benzene rings is 1. The van der Waals surface area contributed by atoms with Crippen molar-refractivity contribution in [1.82, 2.24) is 10.3 Å². The predicted molar refractivity (Wildman–Crippen MR) is 76.7 cm³/mol. The standard InChI is InChI=1S/C14H14BrFN2O2/c1-8-2-11(16)3-9(12(8)7-19)5-18-14(20)13-4-10(15)6-17-13/h2-4,6,17,19H,5,7H2,1H3,(H,18,20). The van der Waals surface area contributed by atoms with Gasteiger partial charge in [0.05, 0.1) is 6.61 Å².